The van der Waals surface area contributed by atoms with Crippen molar-refractivity contribution in [2.24, 2.45) is 5.92 Å². The maximum Gasteiger partial charge on any atom is 0.124 e. The second-order valence-corrected chi connectivity index (χ2v) is 6.88. The summed E-state index contributed by atoms with van der Waals surface area (Å²) in [5, 5.41) is 6.16. The minimum absolute atomic E-state index is 0.477. The molecule has 122 valence electrons. The Morgan fingerprint density at radius 1 is 1.13 bits per heavy atom. The van der Waals surface area contributed by atoms with Crippen molar-refractivity contribution in [1.82, 2.24) is 10.2 Å². The van der Waals surface area contributed by atoms with Crippen LogP contribution in [0.25, 0.3) is 10.8 Å². The summed E-state index contributed by atoms with van der Waals surface area (Å²) in [6, 6.07) is 13.6. The van der Waals surface area contributed by atoms with Gasteiger partial charge in [0.1, 0.15) is 5.75 Å². The van der Waals surface area contributed by atoms with Crippen molar-refractivity contribution in [3.63, 3.8) is 0 Å². The lowest BCUT2D eigenvalue weighted by Gasteiger charge is -2.36. The molecule has 0 aromatic heterocycles. The molecule has 1 aliphatic heterocycles. The van der Waals surface area contributed by atoms with E-state index in [9.17, 15) is 0 Å². The fourth-order valence-corrected chi connectivity index (χ4v) is 3.91. The lowest BCUT2D eigenvalue weighted by atomic mass is 9.92. The van der Waals surface area contributed by atoms with Crippen LogP contribution in [0.3, 0.4) is 0 Å². The fourth-order valence-electron chi connectivity index (χ4n) is 3.91. The second-order valence-electron chi connectivity index (χ2n) is 6.88. The molecule has 2 fully saturated rings. The number of ether oxygens (including phenoxy) is 1. The third-order valence-corrected chi connectivity index (χ3v) is 5.33. The van der Waals surface area contributed by atoms with Gasteiger partial charge in [-0.3, -0.25) is 4.90 Å². The van der Waals surface area contributed by atoms with Crippen LogP contribution in [0, 0.1) is 5.92 Å². The van der Waals surface area contributed by atoms with Gasteiger partial charge < -0.3 is 10.1 Å². The van der Waals surface area contributed by atoms with Gasteiger partial charge in [-0.15, -0.1) is 0 Å². The summed E-state index contributed by atoms with van der Waals surface area (Å²) in [7, 11) is 1.81. The first-order valence-electron chi connectivity index (χ1n) is 8.87. The lowest BCUT2D eigenvalue weighted by Crippen LogP contribution is -2.45. The highest BCUT2D eigenvalue weighted by Gasteiger charge is 2.32. The van der Waals surface area contributed by atoms with Crippen LogP contribution in [-0.2, 0) is 0 Å². The quantitative estimate of drug-likeness (QED) is 0.913. The highest BCUT2D eigenvalue weighted by Crippen LogP contribution is 2.44. The molecule has 4 rings (SSSR count). The molecule has 0 unspecified atom stereocenters. The monoisotopic (exact) mass is 310 g/mol. The Kier molecular flexibility index (Phi) is 4.23. The Morgan fingerprint density at radius 3 is 2.65 bits per heavy atom. The van der Waals surface area contributed by atoms with Gasteiger partial charge in [0.25, 0.3) is 0 Å². The van der Waals surface area contributed by atoms with E-state index in [-0.39, 0.29) is 0 Å². The van der Waals surface area contributed by atoms with Crippen molar-refractivity contribution in [1.29, 1.82) is 0 Å². The first kappa shape index (κ1) is 15.0. The molecule has 2 aromatic rings. The number of hydrogen-bond acceptors (Lipinski definition) is 3. The summed E-state index contributed by atoms with van der Waals surface area (Å²) in [5.41, 5.74) is 1.40. The van der Waals surface area contributed by atoms with E-state index in [1.807, 2.05) is 0 Å². The standard InChI is InChI=1S/C20H26N2O/c1-23-19-9-8-16-4-2-3-5-17(16)20(19)18(14-15-6-7-15)22-12-10-21-11-13-22/h2-5,8-9,15,18,21H,6-7,10-14H2,1H3/t18-/m0/s1. The smallest absolute Gasteiger partial charge is 0.124 e. The Balaban J connectivity index is 1.80. The van der Waals surface area contributed by atoms with Crippen LogP contribution in [0.15, 0.2) is 36.4 Å². The lowest BCUT2D eigenvalue weighted by molar-refractivity contribution is 0.159. The number of nitrogens with one attached hydrogen (secondary N) is 1. The van der Waals surface area contributed by atoms with Gasteiger partial charge >= 0.3 is 0 Å². The number of benzene rings is 2. The topological polar surface area (TPSA) is 24.5 Å². The van der Waals surface area contributed by atoms with E-state index in [1.54, 1.807) is 7.11 Å². The van der Waals surface area contributed by atoms with E-state index >= 15 is 0 Å². The van der Waals surface area contributed by atoms with Crippen LogP contribution in [0.4, 0.5) is 0 Å². The Morgan fingerprint density at radius 2 is 1.91 bits per heavy atom. The molecule has 0 bridgehead atoms. The maximum atomic E-state index is 5.78. The number of methoxy groups -OCH3 is 1. The highest BCUT2D eigenvalue weighted by molar-refractivity contribution is 5.88. The van der Waals surface area contributed by atoms with Crippen molar-refractivity contribution in [3.05, 3.63) is 42.0 Å². The largest absolute Gasteiger partial charge is 0.496 e. The van der Waals surface area contributed by atoms with Crippen LogP contribution in [0.1, 0.15) is 30.9 Å². The summed E-state index contributed by atoms with van der Waals surface area (Å²) in [5.74, 6) is 1.95. The molecule has 1 aliphatic carbocycles. The molecule has 0 amide bonds. The van der Waals surface area contributed by atoms with Gasteiger partial charge in [0.05, 0.1) is 7.11 Å². The summed E-state index contributed by atoms with van der Waals surface area (Å²) in [6.45, 7) is 4.44. The Hall–Kier alpha value is -1.58. The molecule has 1 saturated carbocycles. The van der Waals surface area contributed by atoms with E-state index in [2.05, 4.69) is 46.6 Å². The molecule has 2 aliphatic rings. The minimum Gasteiger partial charge on any atom is -0.496 e. The fraction of sp³-hybridized carbons (Fsp3) is 0.500. The zero-order valence-electron chi connectivity index (χ0n) is 13.9. The van der Waals surface area contributed by atoms with Gasteiger partial charge in [0, 0.05) is 37.8 Å². The summed E-state index contributed by atoms with van der Waals surface area (Å²) in [4.78, 5) is 2.67. The molecular formula is C20H26N2O. The van der Waals surface area contributed by atoms with Crippen LogP contribution < -0.4 is 10.1 Å². The molecule has 1 N–H and O–H groups in total. The van der Waals surface area contributed by atoms with Gasteiger partial charge in [-0.2, -0.15) is 0 Å². The van der Waals surface area contributed by atoms with E-state index in [4.69, 9.17) is 4.74 Å². The average Bonchev–Trinajstić information content (AvgIpc) is 3.44. The van der Waals surface area contributed by atoms with Crippen LogP contribution in [0.2, 0.25) is 0 Å². The molecular weight excluding hydrogens is 284 g/mol. The molecule has 1 heterocycles. The molecule has 2 aromatic carbocycles. The molecule has 23 heavy (non-hydrogen) atoms. The van der Waals surface area contributed by atoms with Crippen molar-refractivity contribution in [3.8, 4) is 5.75 Å². The van der Waals surface area contributed by atoms with Gasteiger partial charge in [-0.1, -0.05) is 43.2 Å². The van der Waals surface area contributed by atoms with E-state index < -0.39 is 0 Å². The van der Waals surface area contributed by atoms with Crippen LogP contribution >= 0.6 is 0 Å². The molecule has 1 atom stereocenters. The Bertz CT molecular complexity index is 674. The van der Waals surface area contributed by atoms with E-state index in [1.165, 1.54) is 35.6 Å². The Labute approximate surface area is 138 Å². The highest BCUT2D eigenvalue weighted by atomic mass is 16.5. The predicted molar refractivity (Wildman–Crippen MR) is 95.0 cm³/mol. The summed E-state index contributed by atoms with van der Waals surface area (Å²) in [6.07, 6.45) is 4.07. The number of piperazine rings is 1. The molecule has 3 nitrogen and oxygen atoms in total. The third-order valence-electron chi connectivity index (χ3n) is 5.33. The van der Waals surface area contributed by atoms with Crippen molar-refractivity contribution in [2.75, 3.05) is 33.3 Å². The zero-order chi connectivity index (χ0) is 15.6. The first-order chi connectivity index (χ1) is 11.4. The number of nitrogens with zero attached hydrogens (tertiary/aromatic N) is 1. The van der Waals surface area contributed by atoms with Crippen molar-refractivity contribution >= 4 is 10.8 Å². The van der Waals surface area contributed by atoms with Gasteiger partial charge in [0.15, 0.2) is 0 Å². The first-order valence-corrected chi connectivity index (χ1v) is 8.87. The SMILES string of the molecule is COc1ccc2ccccc2c1[C@H](CC1CC1)N1CCNCC1. The predicted octanol–water partition coefficient (Wildman–Crippen LogP) is 3.59. The normalized spacial score (nSPS) is 20.6. The van der Waals surface area contributed by atoms with Crippen LogP contribution in [0.5, 0.6) is 5.75 Å². The molecule has 3 heteroatoms. The molecule has 1 saturated heterocycles. The summed E-state index contributed by atoms with van der Waals surface area (Å²) >= 11 is 0. The van der Waals surface area contributed by atoms with Gasteiger partial charge in [-0.05, 0) is 29.2 Å². The maximum absolute atomic E-state index is 5.78. The van der Waals surface area contributed by atoms with Crippen LogP contribution in [-0.4, -0.2) is 38.2 Å². The molecule has 0 radical (unpaired) electrons. The second kappa shape index (κ2) is 6.50. The minimum atomic E-state index is 0.477. The molecule has 0 spiro atoms. The number of fused-ring (bicyclic) bond motifs is 1. The number of rotatable bonds is 5. The van der Waals surface area contributed by atoms with Crippen molar-refractivity contribution < 1.29 is 4.74 Å². The van der Waals surface area contributed by atoms with Crippen molar-refractivity contribution in [2.45, 2.75) is 25.3 Å². The van der Waals surface area contributed by atoms with E-state index in [0.717, 1.165) is 37.8 Å². The number of hydrogen-bond donors (Lipinski definition) is 1. The van der Waals surface area contributed by atoms with E-state index in [0.29, 0.717) is 6.04 Å². The van der Waals surface area contributed by atoms with Gasteiger partial charge in [-0.25, -0.2) is 0 Å². The summed E-state index contributed by atoms with van der Waals surface area (Å²) < 4.78 is 5.78. The average molecular weight is 310 g/mol. The zero-order valence-corrected chi connectivity index (χ0v) is 13.9. The van der Waals surface area contributed by atoms with Gasteiger partial charge in [0.2, 0.25) is 0 Å². The third kappa shape index (κ3) is 3.08.